The molecule has 1 spiro atoms. The van der Waals surface area contributed by atoms with Crippen molar-refractivity contribution in [3.63, 3.8) is 0 Å². The van der Waals surface area contributed by atoms with E-state index in [1.165, 1.54) is 0 Å². The summed E-state index contributed by atoms with van der Waals surface area (Å²) >= 11 is 0. The van der Waals surface area contributed by atoms with E-state index < -0.39 is 98.7 Å². The quantitative estimate of drug-likeness (QED) is 0.153. The minimum Gasteiger partial charge on any atom is -0.394 e. The van der Waals surface area contributed by atoms with Gasteiger partial charge in [-0.3, -0.25) is 0 Å². The van der Waals surface area contributed by atoms with Gasteiger partial charge in [0.05, 0.1) is 38.1 Å². The molecule has 8 fully saturated rings. The van der Waals surface area contributed by atoms with Gasteiger partial charge in [0, 0.05) is 5.92 Å². The number of aliphatic hydroxyl groups is 9. The molecule has 0 radical (unpaired) electrons. The van der Waals surface area contributed by atoms with Crippen LogP contribution in [-0.2, 0) is 28.4 Å². The van der Waals surface area contributed by atoms with Gasteiger partial charge in [0.25, 0.3) is 0 Å². The van der Waals surface area contributed by atoms with Crippen molar-refractivity contribution in [3.8, 4) is 0 Å². The van der Waals surface area contributed by atoms with Gasteiger partial charge in [-0.15, -0.1) is 0 Å². The van der Waals surface area contributed by atoms with Crippen molar-refractivity contribution in [3.05, 3.63) is 0 Å². The van der Waals surface area contributed by atoms with Crippen LogP contribution in [0.3, 0.4) is 0 Å². The molecule has 0 aromatic heterocycles. The summed E-state index contributed by atoms with van der Waals surface area (Å²) in [5.74, 6) is 0.156. The van der Waals surface area contributed by atoms with Crippen molar-refractivity contribution in [1.82, 2.24) is 0 Å². The van der Waals surface area contributed by atoms with Crippen molar-refractivity contribution >= 4 is 0 Å². The molecule has 4 aliphatic heterocycles. The zero-order valence-electron chi connectivity index (χ0n) is 31.9. The SMILES string of the molecule is CC1COC2(O[C@H]3C[C@H]4[C@@H]5C[C@H](O[C@@H]6O[C@H](CO)[C@@H](O)[C@H](O)[C@H]6O)[C@H]6C[C@@H](O[C@@H]7O[C@H](CO)[C@@H](O)[C@H](O)[C@H]7O)CC[C@]6(C)[C@H]5CC[C@]4(C)[C@H]3C2C)C(O)C1. The summed E-state index contributed by atoms with van der Waals surface area (Å²) in [6.07, 6.45) is -9.78. The fourth-order valence-electron chi connectivity index (χ4n) is 13.4. The van der Waals surface area contributed by atoms with Crippen LogP contribution in [0.25, 0.3) is 0 Å². The molecule has 310 valence electrons. The number of hydrogen-bond donors (Lipinski definition) is 9. The molecule has 8 rings (SSSR count). The maximum Gasteiger partial charge on any atom is 0.197 e. The van der Waals surface area contributed by atoms with E-state index in [0.29, 0.717) is 38.2 Å². The maximum absolute atomic E-state index is 11.3. The first-order valence-electron chi connectivity index (χ1n) is 20.5. The summed E-state index contributed by atoms with van der Waals surface area (Å²) in [5, 5.41) is 94.9. The lowest BCUT2D eigenvalue weighted by Gasteiger charge is -2.63. The Morgan fingerprint density at radius 2 is 1.26 bits per heavy atom. The highest BCUT2D eigenvalue weighted by molar-refractivity contribution is 5.17. The maximum atomic E-state index is 11.3. The van der Waals surface area contributed by atoms with E-state index in [0.717, 1.165) is 25.7 Å². The van der Waals surface area contributed by atoms with Crippen LogP contribution in [-0.4, -0.2) is 157 Å². The van der Waals surface area contributed by atoms with E-state index in [1.54, 1.807) is 0 Å². The summed E-state index contributed by atoms with van der Waals surface area (Å²) < 4.78 is 37.9. The smallest absolute Gasteiger partial charge is 0.197 e. The summed E-state index contributed by atoms with van der Waals surface area (Å²) in [7, 11) is 0. The molecule has 4 heterocycles. The second kappa shape index (κ2) is 14.6. The number of ether oxygens (including phenoxy) is 6. The van der Waals surface area contributed by atoms with E-state index in [2.05, 4.69) is 27.7 Å². The van der Waals surface area contributed by atoms with E-state index >= 15 is 0 Å². The van der Waals surface area contributed by atoms with Gasteiger partial charge in [0.15, 0.2) is 18.4 Å². The third kappa shape index (κ3) is 6.09. The Bertz CT molecular complexity index is 1340. The first-order valence-corrected chi connectivity index (χ1v) is 20.5. The second-order valence-electron chi connectivity index (χ2n) is 19.0. The van der Waals surface area contributed by atoms with Crippen LogP contribution in [0.4, 0.5) is 0 Å². The Morgan fingerprint density at radius 1 is 0.648 bits per heavy atom. The molecule has 0 aromatic rings. The lowest BCUT2D eigenvalue weighted by Crippen LogP contribution is -2.63. The fourth-order valence-corrected chi connectivity index (χ4v) is 13.4. The van der Waals surface area contributed by atoms with Gasteiger partial charge in [0.2, 0.25) is 0 Å². The van der Waals surface area contributed by atoms with Crippen molar-refractivity contribution in [2.75, 3.05) is 19.8 Å². The molecule has 15 nitrogen and oxygen atoms in total. The molecule has 0 bridgehead atoms. The van der Waals surface area contributed by atoms with Crippen LogP contribution in [0.2, 0.25) is 0 Å². The highest BCUT2D eigenvalue weighted by atomic mass is 16.7. The average molecular weight is 773 g/mol. The molecule has 54 heavy (non-hydrogen) atoms. The minimum absolute atomic E-state index is 0.000329. The van der Waals surface area contributed by atoms with Crippen LogP contribution < -0.4 is 0 Å². The summed E-state index contributed by atoms with van der Waals surface area (Å²) in [5.41, 5.74) is -0.330. The van der Waals surface area contributed by atoms with E-state index in [-0.39, 0.29) is 52.4 Å². The van der Waals surface area contributed by atoms with Crippen molar-refractivity contribution in [2.45, 2.75) is 171 Å². The monoisotopic (exact) mass is 772 g/mol. The van der Waals surface area contributed by atoms with E-state index in [4.69, 9.17) is 28.4 Å². The molecular weight excluding hydrogens is 708 g/mol. The Labute approximate surface area is 316 Å². The number of rotatable bonds is 6. The molecule has 0 amide bonds. The molecule has 4 saturated heterocycles. The third-order valence-electron chi connectivity index (χ3n) is 16.2. The molecule has 9 N–H and O–H groups in total. The van der Waals surface area contributed by atoms with Crippen LogP contribution in [0.1, 0.15) is 79.1 Å². The minimum atomic E-state index is -1.59. The predicted molar refractivity (Wildman–Crippen MR) is 186 cm³/mol. The molecule has 15 heteroatoms. The van der Waals surface area contributed by atoms with Gasteiger partial charge in [-0.05, 0) is 97.7 Å². The summed E-state index contributed by atoms with van der Waals surface area (Å²) in [4.78, 5) is 0. The molecule has 4 aliphatic carbocycles. The standard InChI is InChI=1S/C39H64O15/c1-16-9-27(42)39(49-15-16)17(2)28-24(54-39)12-21-19-11-23(51-36-34(48)32(46)30(44)26(14-41)53-36)22-10-18(5-7-37(22,3)20(19)6-8-38(21,28)4)50-35-33(47)31(45)29(43)25(13-40)52-35/h16-36,40-48H,5-15H2,1-4H3/t16?,17?,18-,19+,20-,21-,22+,23-,24-,25+,26+,27?,28-,29+,30+,31-,32-,33+,34+,35+,36+,37+,38-,39?/m0/s1. The Morgan fingerprint density at radius 3 is 1.87 bits per heavy atom. The molecule has 24 atom stereocenters. The zero-order valence-corrected chi connectivity index (χ0v) is 31.9. The molecule has 0 aromatic carbocycles. The number of fused-ring (bicyclic) bond motifs is 7. The van der Waals surface area contributed by atoms with Crippen LogP contribution in [0.5, 0.6) is 0 Å². The Balaban J connectivity index is 1.07. The lowest BCUT2D eigenvalue weighted by atomic mass is 9.43. The van der Waals surface area contributed by atoms with E-state index in [1.807, 2.05) is 0 Å². The van der Waals surface area contributed by atoms with Crippen LogP contribution in [0, 0.1) is 52.3 Å². The largest absolute Gasteiger partial charge is 0.394 e. The number of aliphatic hydroxyl groups excluding tert-OH is 9. The van der Waals surface area contributed by atoms with Crippen molar-refractivity contribution < 1.29 is 74.4 Å². The Kier molecular flexibility index (Phi) is 10.9. The molecule has 8 aliphatic rings. The van der Waals surface area contributed by atoms with Crippen molar-refractivity contribution in [1.29, 1.82) is 0 Å². The third-order valence-corrected chi connectivity index (χ3v) is 16.2. The van der Waals surface area contributed by atoms with Gasteiger partial charge in [-0.25, -0.2) is 0 Å². The highest BCUT2D eigenvalue weighted by Crippen LogP contribution is 2.71. The van der Waals surface area contributed by atoms with Gasteiger partial charge >= 0.3 is 0 Å². The van der Waals surface area contributed by atoms with Gasteiger partial charge in [-0.2, -0.15) is 0 Å². The Hall–Kier alpha value is -0.600. The number of hydrogen-bond acceptors (Lipinski definition) is 15. The molecular formula is C39H64O15. The molecule has 4 saturated carbocycles. The zero-order chi connectivity index (χ0) is 38.6. The first-order chi connectivity index (χ1) is 25.6. The van der Waals surface area contributed by atoms with Crippen LogP contribution in [0.15, 0.2) is 0 Å². The molecule has 4 unspecified atom stereocenters. The second-order valence-corrected chi connectivity index (χ2v) is 19.0. The fraction of sp³-hybridized carbons (Fsp3) is 1.00. The van der Waals surface area contributed by atoms with Gasteiger partial charge < -0.3 is 74.4 Å². The van der Waals surface area contributed by atoms with Crippen molar-refractivity contribution in [2.24, 2.45) is 52.3 Å². The highest BCUT2D eigenvalue weighted by Gasteiger charge is 2.71. The first kappa shape index (κ1) is 40.2. The topological polar surface area (TPSA) is 237 Å². The lowest BCUT2D eigenvalue weighted by molar-refractivity contribution is -0.335. The summed E-state index contributed by atoms with van der Waals surface area (Å²) in [6, 6.07) is 0. The normalized spacial score (nSPS) is 60.1. The van der Waals surface area contributed by atoms with E-state index in [9.17, 15) is 46.0 Å². The predicted octanol–water partition coefficient (Wildman–Crippen LogP) is -0.616. The van der Waals surface area contributed by atoms with Gasteiger partial charge in [-0.1, -0.05) is 27.7 Å². The van der Waals surface area contributed by atoms with Gasteiger partial charge in [0.1, 0.15) is 54.9 Å². The summed E-state index contributed by atoms with van der Waals surface area (Å²) in [6.45, 7) is 8.39. The average Bonchev–Trinajstić information content (AvgIpc) is 3.60. The van der Waals surface area contributed by atoms with Crippen LogP contribution >= 0.6 is 0 Å².